The number of hydrogen-bond acceptors (Lipinski definition) is 5. The van der Waals surface area contributed by atoms with E-state index in [-0.39, 0.29) is 5.75 Å². The normalized spacial score (nSPS) is 18.4. The SMILES string of the molecule is Cc1ncc(B2OC(C)(C)C(C)(C)O2)c2ccn(S(=O)(=O)Cc3ccccc3)c12. The van der Waals surface area contributed by atoms with Gasteiger partial charge >= 0.3 is 7.12 Å². The Hall–Kier alpha value is -2.16. The van der Waals surface area contributed by atoms with Crippen molar-refractivity contribution in [2.24, 2.45) is 0 Å². The Kier molecular flexibility index (Phi) is 4.64. The molecular formula is C21H25BN2O4S. The van der Waals surface area contributed by atoms with E-state index in [0.29, 0.717) is 11.2 Å². The summed E-state index contributed by atoms with van der Waals surface area (Å²) >= 11 is 0. The van der Waals surface area contributed by atoms with Crippen LogP contribution in [-0.2, 0) is 25.1 Å². The summed E-state index contributed by atoms with van der Waals surface area (Å²) in [7, 11) is -4.22. The molecule has 1 aromatic carbocycles. The molecule has 1 aliphatic rings. The molecular weight excluding hydrogens is 387 g/mol. The van der Waals surface area contributed by atoms with E-state index in [1.165, 1.54) is 3.97 Å². The zero-order valence-electron chi connectivity index (χ0n) is 17.3. The second-order valence-electron chi connectivity index (χ2n) is 8.50. The van der Waals surface area contributed by atoms with Gasteiger partial charge in [0, 0.05) is 23.2 Å². The number of aromatic nitrogens is 2. The summed E-state index contributed by atoms with van der Waals surface area (Å²) in [4.78, 5) is 4.46. The predicted octanol–water partition coefficient (Wildman–Crippen LogP) is 3.02. The van der Waals surface area contributed by atoms with E-state index in [1.54, 1.807) is 18.5 Å². The number of nitrogens with zero attached hydrogens (tertiary/aromatic N) is 2. The second-order valence-corrected chi connectivity index (χ2v) is 10.3. The first kappa shape index (κ1) is 20.1. The molecule has 1 aliphatic heterocycles. The minimum atomic E-state index is -3.61. The molecule has 152 valence electrons. The van der Waals surface area contributed by atoms with Gasteiger partial charge in [-0.1, -0.05) is 30.3 Å². The smallest absolute Gasteiger partial charge is 0.399 e. The van der Waals surface area contributed by atoms with Crippen LogP contribution in [0.15, 0.2) is 48.8 Å². The van der Waals surface area contributed by atoms with Crippen LogP contribution in [0.4, 0.5) is 0 Å². The van der Waals surface area contributed by atoms with Gasteiger partial charge < -0.3 is 9.31 Å². The van der Waals surface area contributed by atoms with Crippen LogP contribution < -0.4 is 5.46 Å². The Balaban J connectivity index is 1.79. The predicted molar refractivity (Wildman–Crippen MR) is 115 cm³/mol. The Morgan fingerprint density at radius 2 is 1.66 bits per heavy atom. The maximum absolute atomic E-state index is 13.1. The van der Waals surface area contributed by atoms with E-state index in [1.807, 2.05) is 65.0 Å². The number of pyridine rings is 1. The zero-order valence-corrected chi connectivity index (χ0v) is 18.2. The van der Waals surface area contributed by atoms with Crippen LogP contribution in [0.3, 0.4) is 0 Å². The van der Waals surface area contributed by atoms with Crippen molar-refractivity contribution in [2.45, 2.75) is 51.6 Å². The van der Waals surface area contributed by atoms with Crippen LogP contribution in [0.1, 0.15) is 39.0 Å². The molecule has 3 aromatic rings. The lowest BCUT2D eigenvalue weighted by Crippen LogP contribution is -2.41. The van der Waals surface area contributed by atoms with Crippen LogP contribution in [0.2, 0.25) is 0 Å². The quantitative estimate of drug-likeness (QED) is 0.617. The van der Waals surface area contributed by atoms with Crippen molar-refractivity contribution in [3.63, 3.8) is 0 Å². The van der Waals surface area contributed by atoms with E-state index < -0.39 is 28.3 Å². The van der Waals surface area contributed by atoms with Crippen molar-refractivity contribution in [3.05, 3.63) is 60.0 Å². The lowest BCUT2D eigenvalue weighted by atomic mass is 9.78. The highest BCUT2D eigenvalue weighted by Crippen LogP contribution is 2.37. The Morgan fingerprint density at radius 3 is 2.28 bits per heavy atom. The van der Waals surface area contributed by atoms with Gasteiger partial charge in [-0.25, -0.2) is 12.4 Å². The number of aryl methyl sites for hydroxylation is 1. The molecule has 2 aromatic heterocycles. The van der Waals surface area contributed by atoms with Crippen molar-refractivity contribution in [3.8, 4) is 0 Å². The third-order valence-corrected chi connectivity index (χ3v) is 7.50. The topological polar surface area (TPSA) is 70.4 Å². The number of fused-ring (bicyclic) bond motifs is 1. The summed E-state index contributed by atoms with van der Waals surface area (Å²) in [5, 5.41) is 0.771. The fourth-order valence-corrected chi connectivity index (χ4v) is 5.05. The minimum absolute atomic E-state index is 0.0855. The first-order valence-corrected chi connectivity index (χ1v) is 11.2. The number of benzene rings is 1. The summed E-state index contributed by atoms with van der Waals surface area (Å²) in [5.41, 5.74) is 1.70. The van der Waals surface area contributed by atoms with Gasteiger partial charge in [-0.15, -0.1) is 0 Å². The van der Waals surface area contributed by atoms with Crippen LogP contribution >= 0.6 is 0 Å². The third-order valence-electron chi connectivity index (χ3n) is 5.90. The second kappa shape index (κ2) is 6.69. The molecule has 0 atom stereocenters. The van der Waals surface area contributed by atoms with Crippen LogP contribution in [0.5, 0.6) is 0 Å². The molecule has 8 heteroatoms. The molecule has 0 spiro atoms. The van der Waals surface area contributed by atoms with Gasteiger partial charge in [0.05, 0.1) is 28.2 Å². The Morgan fingerprint density at radius 1 is 1.03 bits per heavy atom. The highest BCUT2D eigenvalue weighted by molar-refractivity contribution is 7.89. The van der Waals surface area contributed by atoms with E-state index in [9.17, 15) is 8.42 Å². The summed E-state index contributed by atoms with van der Waals surface area (Å²) in [6.45, 7) is 9.76. The first-order valence-electron chi connectivity index (χ1n) is 9.61. The fourth-order valence-electron chi connectivity index (χ4n) is 3.54. The molecule has 1 saturated heterocycles. The molecule has 6 nitrogen and oxygen atoms in total. The minimum Gasteiger partial charge on any atom is -0.399 e. The molecule has 1 fully saturated rings. The number of rotatable bonds is 4. The van der Waals surface area contributed by atoms with Gasteiger partial charge in [-0.2, -0.15) is 0 Å². The third kappa shape index (κ3) is 3.39. The van der Waals surface area contributed by atoms with Crippen molar-refractivity contribution >= 4 is 33.5 Å². The van der Waals surface area contributed by atoms with Crippen molar-refractivity contribution in [2.75, 3.05) is 0 Å². The van der Waals surface area contributed by atoms with Gasteiger partial charge in [0.2, 0.25) is 10.0 Å². The average Bonchev–Trinajstić information content (AvgIpc) is 3.16. The van der Waals surface area contributed by atoms with Crippen molar-refractivity contribution < 1.29 is 17.7 Å². The van der Waals surface area contributed by atoms with E-state index in [2.05, 4.69) is 4.98 Å². The molecule has 0 unspecified atom stereocenters. The van der Waals surface area contributed by atoms with Gasteiger partial charge in [-0.05, 0) is 46.2 Å². The van der Waals surface area contributed by atoms with E-state index in [4.69, 9.17) is 9.31 Å². The number of hydrogen-bond donors (Lipinski definition) is 0. The molecule has 0 saturated carbocycles. The molecule has 0 radical (unpaired) electrons. The Bertz CT molecular complexity index is 1150. The molecule has 3 heterocycles. The van der Waals surface area contributed by atoms with Crippen LogP contribution in [-0.4, -0.2) is 35.7 Å². The summed E-state index contributed by atoms with van der Waals surface area (Å²) < 4.78 is 39.9. The summed E-state index contributed by atoms with van der Waals surface area (Å²) in [6.07, 6.45) is 3.31. The molecule has 0 aliphatic carbocycles. The van der Waals surface area contributed by atoms with Gasteiger partial charge in [0.1, 0.15) is 0 Å². The molecule has 29 heavy (non-hydrogen) atoms. The summed E-state index contributed by atoms with van der Waals surface area (Å²) in [5.74, 6) is -0.0855. The van der Waals surface area contributed by atoms with Gasteiger partial charge in [-0.3, -0.25) is 4.98 Å². The monoisotopic (exact) mass is 412 g/mol. The maximum Gasteiger partial charge on any atom is 0.497 e. The average molecular weight is 412 g/mol. The maximum atomic E-state index is 13.1. The first-order chi connectivity index (χ1) is 13.5. The fraction of sp³-hybridized carbons (Fsp3) is 0.381. The molecule has 0 N–H and O–H groups in total. The lowest BCUT2D eigenvalue weighted by molar-refractivity contribution is 0.00578. The molecule has 0 amide bonds. The van der Waals surface area contributed by atoms with Crippen LogP contribution in [0, 0.1) is 6.92 Å². The Labute approximate surface area is 172 Å². The van der Waals surface area contributed by atoms with E-state index >= 15 is 0 Å². The molecule has 0 bridgehead atoms. The van der Waals surface area contributed by atoms with Crippen molar-refractivity contribution in [1.82, 2.24) is 8.96 Å². The zero-order chi connectivity index (χ0) is 21.0. The highest BCUT2D eigenvalue weighted by atomic mass is 32.2. The summed E-state index contributed by atoms with van der Waals surface area (Å²) in [6, 6.07) is 11.0. The standard InChI is InChI=1S/C21H25BN2O4S/c1-15-19-17(18(13-23-15)22-27-20(2,3)21(4,5)28-22)11-12-24(19)29(25,26)14-16-9-7-6-8-10-16/h6-13H,14H2,1-5H3. The van der Waals surface area contributed by atoms with E-state index in [0.717, 1.165) is 16.4 Å². The van der Waals surface area contributed by atoms with Crippen LogP contribution in [0.25, 0.3) is 10.9 Å². The lowest BCUT2D eigenvalue weighted by Gasteiger charge is -2.32. The highest BCUT2D eigenvalue weighted by Gasteiger charge is 2.52. The largest absolute Gasteiger partial charge is 0.497 e. The van der Waals surface area contributed by atoms with Crippen molar-refractivity contribution in [1.29, 1.82) is 0 Å². The van der Waals surface area contributed by atoms with Gasteiger partial charge in [0.15, 0.2) is 0 Å². The molecule has 4 rings (SSSR count). The van der Waals surface area contributed by atoms with Gasteiger partial charge in [0.25, 0.3) is 0 Å².